The summed E-state index contributed by atoms with van der Waals surface area (Å²) < 4.78 is 5.16. The van der Waals surface area contributed by atoms with Crippen LogP contribution in [0.25, 0.3) is 58.4 Å². The lowest BCUT2D eigenvalue weighted by atomic mass is 10.0. The maximum Gasteiger partial charge on any atom is 0.0634 e. The summed E-state index contributed by atoms with van der Waals surface area (Å²) in [6.45, 7) is 0. The van der Waals surface area contributed by atoms with E-state index < -0.39 is 0 Å². The maximum atomic E-state index is 2.44. The summed E-state index contributed by atoms with van der Waals surface area (Å²) in [5.74, 6) is 0. The van der Waals surface area contributed by atoms with Crippen molar-refractivity contribution in [3.8, 4) is 5.69 Å². The third-order valence-electron chi connectivity index (χ3n) is 6.17. The third kappa shape index (κ3) is 2.06. The lowest BCUT2D eigenvalue weighted by molar-refractivity contribution is 1.19. The summed E-state index contributed by atoms with van der Waals surface area (Å²) in [4.78, 5) is 0. The largest absolute Gasteiger partial charge is 0.309 e. The normalized spacial score (nSPS) is 12.0. The molecule has 0 aliphatic carbocycles. The first-order valence-electron chi connectivity index (χ1n) is 10.2. The molecule has 0 bridgehead atoms. The number of hydrogen-bond acceptors (Lipinski definition) is 1. The average molecular weight is 400 g/mol. The van der Waals surface area contributed by atoms with Crippen LogP contribution in [0.5, 0.6) is 0 Å². The Kier molecular flexibility index (Phi) is 3.21. The van der Waals surface area contributed by atoms with Crippen LogP contribution in [0, 0.1) is 0 Å². The molecule has 0 spiro atoms. The van der Waals surface area contributed by atoms with Crippen LogP contribution in [0.2, 0.25) is 0 Å². The lowest BCUT2D eigenvalue weighted by Crippen LogP contribution is -1.93. The summed E-state index contributed by atoms with van der Waals surface area (Å²) in [7, 11) is 0. The third-order valence-corrected chi connectivity index (χ3v) is 7.38. The van der Waals surface area contributed by atoms with E-state index >= 15 is 0 Å². The molecular weight excluding hydrogens is 382 g/mol. The smallest absolute Gasteiger partial charge is 0.0634 e. The molecule has 140 valence electrons. The van der Waals surface area contributed by atoms with Crippen LogP contribution in [0.15, 0.2) is 103 Å². The van der Waals surface area contributed by atoms with Crippen LogP contribution in [0.1, 0.15) is 0 Å². The second kappa shape index (κ2) is 5.94. The molecule has 0 saturated heterocycles. The minimum absolute atomic E-state index is 1.20. The van der Waals surface area contributed by atoms with Crippen molar-refractivity contribution >= 4 is 64.1 Å². The van der Waals surface area contributed by atoms with E-state index in [-0.39, 0.29) is 0 Å². The summed E-state index contributed by atoms with van der Waals surface area (Å²) in [5.41, 5.74) is 3.77. The van der Waals surface area contributed by atoms with Gasteiger partial charge in [-0.15, -0.1) is 11.3 Å². The van der Waals surface area contributed by atoms with Gasteiger partial charge >= 0.3 is 0 Å². The fraction of sp³-hybridized carbons (Fsp3) is 0. The molecule has 2 heteroatoms. The highest BCUT2D eigenvalue weighted by Crippen LogP contribution is 2.44. The monoisotopic (exact) mass is 399 g/mol. The lowest BCUT2D eigenvalue weighted by Gasteiger charge is -2.08. The Morgan fingerprint density at radius 2 is 1.27 bits per heavy atom. The van der Waals surface area contributed by atoms with E-state index in [1.807, 2.05) is 11.3 Å². The van der Waals surface area contributed by atoms with Gasteiger partial charge in [0.2, 0.25) is 0 Å². The van der Waals surface area contributed by atoms with Gasteiger partial charge in [0, 0.05) is 36.6 Å². The zero-order chi connectivity index (χ0) is 19.7. The molecule has 30 heavy (non-hydrogen) atoms. The molecule has 7 aromatic rings. The maximum absolute atomic E-state index is 2.44. The molecule has 7 rings (SSSR count). The minimum Gasteiger partial charge on any atom is -0.309 e. The zero-order valence-electron chi connectivity index (χ0n) is 16.2. The molecule has 0 atom stereocenters. The molecule has 0 saturated carbocycles. The standard InChI is InChI=1S/C28H17NS/c1-2-9-19(10-3-1)29-24-13-7-6-12-21(24)22-16-17-25-26(27(22)29)23-15-14-18-8-4-5-11-20(18)28(23)30-25/h1-17H. The molecule has 0 N–H and O–H groups in total. The Balaban J connectivity index is 1.78. The fourth-order valence-corrected chi connectivity index (χ4v) is 6.13. The topological polar surface area (TPSA) is 4.93 Å². The summed E-state index contributed by atoms with van der Waals surface area (Å²) in [6, 6.07) is 37.4. The van der Waals surface area contributed by atoms with Crippen LogP contribution in [0.4, 0.5) is 0 Å². The molecule has 5 aromatic carbocycles. The van der Waals surface area contributed by atoms with Gasteiger partial charge < -0.3 is 4.57 Å². The molecule has 2 heterocycles. The number of para-hydroxylation sites is 2. The van der Waals surface area contributed by atoms with Gasteiger partial charge in [-0.25, -0.2) is 0 Å². The van der Waals surface area contributed by atoms with Crippen molar-refractivity contribution in [2.24, 2.45) is 0 Å². The number of benzene rings is 5. The van der Waals surface area contributed by atoms with Gasteiger partial charge in [-0.05, 0) is 35.0 Å². The highest BCUT2D eigenvalue weighted by Gasteiger charge is 2.18. The Hall–Kier alpha value is -3.62. The minimum atomic E-state index is 1.20. The van der Waals surface area contributed by atoms with Crippen LogP contribution in [0.3, 0.4) is 0 Å². The SMILES string of the molecule is c1ccc(-n2c3ccccc3c3ccc4sc5c6ccccc6ccc5c4c32)cc1. The molecule has 0 fully saturated rings. The fourth-order valence-electron chi connectivity index (χ4n) is 4.89. The van der Waals surface area contributed by atoms with E-state index in [4.69, 9.17) is 0 Å². The Bertz CT molecular complexity index is 1740. The predicted octanol–water partition coefficient (Wildman–Crippen LogP) is 8.30. The molecule has 0 aliphatic heterocycles. The van der Waals surface area contributed by atoms with E-state index in [9.17, 15) is 0 Å². The van der Waals surface area contributed by atoms with E-state index in [0.29, 0.717) is 0 Å². The Morgan fingerprint density at radius 3 is 2.17 bits per heavy atom. The van der Waals surface area contributed by atoms with E-state index in [0.717, 1.165) is 0 Å². The Morgan fingerprint density at radius 1 is 0.533 bits per heavy atom. The van der Waals surface area contributed by atoms with Crippen LogP contribution in [-0.2, 0) is 0 Å². The average Bonchev–Trinajstić information content (AvgIpc) is 3.35. The van der Waals surface area contributed by atoms with Crippen LogP contribution in [-0.4, -0.2) is 4.57 Å². The first-order chi connectivity index (χ1) is 14.9. The van der Waals surface area contributed by atoms with Gasteiger partial charge in [0.1, 0.15) is 0 Å². The predicted molar refractivity (Wildman–Crippen MR) is 131 cm³/mol. The number of nitrogens with zero attached hydrogens (tertiary/aromatic N) is 1. The molecule has 0 radical (unpaired) electrons. The quantitative estimate of drug-likeness (QED) is 0.262. The van der Waals surface area contributed by atoms with Gasteiger partial charge in [0.15, 0.2) is 0 Å². The van der Waals surface area contributed by atoms with Gasteiger partial charge in [0.05, 0.1) is 11.0 Å². The van der Waals surface area contributed by atoms with Crippen LogP contribution >= 0.6 is 11.3 Å². The molecule has 0 aliphatic rings. The van der Waals surface area contributed by atoms with Crippen molar-refractivity contribution in [3.63, 3.8) is 0 Å². The number of thiophene rings is 1. The van der Waals surface area contributed by atoms with Crippen molar-refractivity contribution in [1.82, 2.24) is 4.57 Å². The van der Waals surface area contributed by atoms with Crippen molar-refractivity contribution in [2.75, 3.05) is 0 Å². The summed E-state index contributed by atoms with van der Waals surface area (Å²) in [6.07, 6.45) is 0. The number of fused-ring (bicyclic) bond motifs is 9. The van der Waals surface area contributed by atoms with Gasteiger partial charge in [-0.3, -0.25) is 0 Å². The summed E-state index contributed by atoms with van der Waals surface area (Å²) >= 11 is 1.91. The van der Waals surface area contributed by atoms with Gasteiger partial charge in [0.25, 0.3) is 0 Å². The second-order valence-electron chi connectivity index (χ2n) is 7.79. The number of rotatable bonds is 1. The van der Waals surface area contributed by atoms with Crippen molar-refractivity contribution in [2.45, 2.75) is 0 Å². The van der Waals surface area contributed by atoms with E-state index in [1.54, 1.807) is 0 Å². The summed E-state index contributed by atoms with van der Waals surface area (Å²) in [5, 5.41) is 7.97. The molecule has 0 unspecified atom stereocenters. The van der Waals surface area contributed by atoms with Gasteiger partial charge in [-0.2, -0.15) is 0 Å². The Labute approximate surface area is 177 Å². The van der Waals surface area contributed by atoms with Crippen LogP contribution < -0.4 is 0 Å². The number of hydrogen-bond donors (Lipinski definition) is 0. The van der Waals surface area contributed by atoms with E-state index in [2.05, 4.69) is 108 Å². The van der Waals surface area contributed by atoms with Crippen molar-refractivity contribution in [3.05, 3.63) is 103 Å². The van der Waals surface area contributed by atoms with Gasteiger partial charge in [-0.1, -0.05) is 78.9 Å². The molecular formula is C28H17NS. The first-order valence-corrected chi connectivity index (χ1v) is 11.0. The molecule has 1 nitrogen and oxygen atoms in total. The highest BCUT2D eigenvalue weighted by molar-refractivity contribution is 7.26. The van der Waals surface area contributed by atoms with Crippen molar-refractivity contribution in [1.29, 1.82) is 0 Å². The second-order valence-corrected chi connectivity index (χ2v) is 8.84. The molecule has 2 aromatic heterocycles. The first kappa shape index (κ1) is 16.2. The highest BCUT2D eigenvalue weighted by atomic mass is 32.1. The van der Waals surface area contributed by atoms with E-state index in [1.165, 1.54) is 58.4 Å². The molecule has 0 amide bonds. The zero-order valence-corrected chi connectivity index (χ0v) is 17.0. The number of aromatic nitrogens is 1. The van der Waals surface area contributed by atoms with Crippen molar-refractivity contribution < 1.29 is 0 Å².